The van der Waals surface area contributed by atoms with E-state index in [0.717, 1.165) is 16.9 Å². The third-order valence-corrected chi connectivity index (χ3v) is 4.18. The molecule has 2 atom stereocenters. The zero-order valence-corrected chi connectivity index (χ0v) is 12.1. The van der Waals surface area contributed by atoms with Crippen molar-refractivity contribution in [3.8, 4) is 23.0 Å². The SMILES string of the molecule is COC1c2ccccc2OCC1c1cc2c(cc1O)OCO2. The van der Waals surface area contributed by atoms with Gasteiger partial charge in [-0.15, -0.1) is 0 Å². The molecule has 114 valence electrons. The standard InChI is InChI=1S/C17H16O5/c1-19-17-10-4-2-3-5-14(10)20-8-12(17)11-6-15-16(7-13(11)18)22-9-21-15/h2-7,12,17-18H,8-9H2,1H3. The fourth-order valence-electron chi connectivity index (χ4n) is 3.12. The van der Waals surface area contributed by atoms with Crippen LogP contribution in [0.2, 0.25) is 0 Å². The lowest BCUT2D eigenvalue weighted by atomic mass is 9.86. The molecule has 4 rings (SSSR count). The van der Waals surface area contributed by atoms with Crippen molar-refractivity contribution in [3.05, 3.63) is 47.5 Å². The molecule has 1 N–H and O–H groups in total. The normalized spacial score (nSPS) is 22.0. The molecule has 0 aliphatic carbocycles. The molecular formula is C17H16O5. The van der Waals surface area contributed by atoms with Gasteiger partial charge in [0.15, 0.2) is 11.5 Å². The van der Waals surface area contributed by atoms with Gasteiger partial charge in [-0.3, -0.25) is 0 Å². The first-order valence-electron chi connectivity index (χ1n) is 7.15. The van der Waals surface area contributed by atoms with Crippen molar-refractivity contribution in [2.75, 3.05) is 20.5 Å². The highest BCUT2D eigenvalue weighted by Gasteiger charge is 2.34. The van der Waals surface area contributed by atoms with Crippen molar-refractivity contribution >= 4 is 0 Å². The summed E-state index contributed by atoms with van der Waals surface area (Å²) in [6.07, 6.45) is -0.184. The summed E-state index contributed by atoms with van der Waals surface area (Å²) in [4.78, 5) is 0. The van der Waals surface area contributed by atoms with E-state index < -0.39 is 0 Å². The average Bonchev–Trinajstić information content (AvgIpc) is 3.00. The summed E-state index contributed by atoms with van der Waals surface area (Å²) in [6.45, 7) is 0.610. The van der Waals surface area contributed by atoms with Gasteiger partial charge in [0.2, 0.25) is 6.79 Å². The molecule has 0 saturated carbocycles. The third-order valence-electron chi connectivity index (χ3n) is 4.18. The maximum atomic E-state index is 10.3. The molecule has 0 fully saturated rings. The summed E-state index contributed by atoms with van der Waals surface area (Å²) in [5, 5.41) is 10.3. The van der Waals surface area contributed by atoms with Crippen LogP contribution >= 0.6 is 0 Å². The number of phenols is 1. The fraction of sp³-hybridized carbons (Fsp3) is 0.294. The quantitative estimate of drug-likeness (QED) is 0.924. The summed E-state index contributed by atoms with van der Waals surface area (Å²) in [5.41, 5.74) is 1.73. The maximum absolute atomic E-state index is 10.3. The van der Waals surface area contributed by atoms with Gasteiger partial charge in [0.05, 0.1) is 18.6 Å². The highest BCUT2D eigenvalue weighted by molar-refractivity contribution is 5.54. The number of rotatable bonds is 2. The van der Waals surface area contributed by atoms with E-state index in [1.165, 1.54) is 0 Å². The van der Waals surface area contributed by atoms with E-state index in [9.17, 15) is 5.11 Å². The largest absolute Gasteiger partial charge is 0.508 e. The van der Waals surface area contributed by atoms with Crippen LogP contribution in [0, 0.1) is 0 Å². The molecule has 5 heteroatoms. The number of aromatic hydroxyl groups is 1. The first-order chi connectivity index (χ1) is 10.8. The zero-order valence-electron chi connectivity index (χ0n) is 12.1. The lowest BCUT2D eigenvalue weighted by Gasteiger charge is -2.33. The number of hydrogen-bond acceptors (Lipinski definition) is 5. The van der Waals surface area contributed by atoms with Gasteiger partial charge in [0.25, 0.3) is 0 Å². The molecule has 2 aromatic rings. The van der Waals surface area contributed by atoms with E-state index in [4.69, 9.17) is 18.9 Å². The van der Waals surface area contributed by atoms with Crippen LogP contribution < -0.4 is 14.2 Å². The Hall–Kier alpha value is -2.40. The number of hydrogen-bond donors (Lipinski definition) is 1. The molecule has 5 nitrogen and oxygen atoms in total. The van der Waals surface area contributed by atoms with Crippen LogP contribution in [0.25, 0.3) is 0 Å². The Morgan fingerprint density at radius 2 is 1.77 bits per heavy atom. The van der Waals surface area contributed by atoms with Crippen LogP contribution in [0.3, 0.4) is 0 Å². The second-order valence-corrected chi connectivity index (χ2v) is 5.38. The van der Waals surface area contributed by atoms with E-state index in [2.05, 4.69) is 0 Å². The Balaban J connectivity index is 1.77. The van der Waals surface area contributed by atoms with Gasteiger partial charge in [-0.1, -0.05) is 18.2 Å². The average molecular weight is 300 g/mol. The zero-order chi connectivity index (χ0) is 15.1. The van der Waals surface area contributed by atoms with Crippen molar-refractivity contribution in [2.24, 2.45) is 0 Å². The lowest BCUT2D eigenvalue weighted by molar-refractivity contribution is 0.0420. The van der Waals surface area contributed by atoms with E-state index >= 15 is 0 Å². The Bertz CT molecular complexity index is 712. The van der Waals surface area contributed by atoms with E-state index in [0.29, 0.717) is 18.1 Å². The second-order valence-electron chi connectivity index (χ2n) is 5.38. The van der Waals surface area contributed by atoms with E-state index in [-0.39, 0.29) is 24.6 Å². The molecule has 2 heterocycles. The maximum Gasteiger partial charge on any atom is 0.231 e. The highest BCUT2D eigenvalue weighted by Crippen LogP contribution is 2.47. The molecule has 0 bridgehead atoms. The van der Waals surface area contributed by atoms with Crippen LogP contribution in [0.15, 0.2) is 36.4 Å². The molecule has 2 aromatic carbocycles. The molecule has 2 aliphatic rings. The minimum Gasteiger partial charge on any atom is -0.508 e. The van der Waals surface area contributed by atoms with Gasteiger partial charge in [0.1, 0.15) is 11.5 Å². The van der Waals surface area contributed by atoms with Crippen LogP contribution in [-0.2, 0) is 4.74 Å². The number of ether oxygens (including phenoxy) is 4. The van der Waals surface area contributed by atoms with Crippen LogP contribution in [0.1, 0.15) is 23.1 Å². The number of para-hydroxylation sites is 1. The predicted octanol–water partition coefficient (Wildman–Crippen LogP) is 2.98. The molecule has 2 aliphatic heterocycles. The number of benzene rings is 2. The molecule has 22 heavy (non-hydrogen) atoms. The molecule has 0 spiro atoms. The van der Waals surface area contributed by atoms with Crippen molar-refractivity contribution in [1.82, 2.24) is 0 Å². The molecule has 0 amide bonds. The first kappa shape index (κ1) is 13.3. The summed E-state index contributed by atoms with van der Waals surface area (Å²) >= 11 is 0. The lowest BCUT2D eigenvalue weighted by Crippen LogP contribution is -2.25. The van der Waals surface area contributed by atoms with Crippen molar-refractivity contribution < 1.29 is 24.1 Å². The fourth-order valence-corrected chi connectivity index (χ4v) is 3.12. The minimum absolute atomic E-state index is 0.116. The van der Waals surface area contributed by atoms with Crippen LogP contribution in [0.5, 0.6) is 23.0 Å². The van der Waals surface area contributed by atoms with Crippen LogP contribution in [-0.4, -0.2) is 25.6 Å². The second kappa shape index (κ2) is 5.10. The molecular weight excluding hydrogens is 284 g/mol. The van der Waals surface area contributed by atoms with Crippen molar-refractivity contribution in [2.45, 2.75) is 12.0 Å². The van der Waals surface area contributed by atoms with E-state index in [1.54, 1.807) is 13.2 Å². The summed E-state index contributed by atoms with van der Waals surface area (Å²) in [5.74, 6) is 2.08. The monoisotopic (exact) mass is 300 g/mol. The van der Waals surface area contributed by atoms with Gasteiger partial charge in [-0.05, 0) is 12.1 Å². The smallest absolute Gasteiger partial charge is 0.231 e. The molecule has 0 aromatic heterocycles. The summed E-state index contributed by atoms with van der Waals surface area (Å²) in [7, 11) is 1.67. The first-order valence-corrected chi connectivity index (χ1v) is 7.15. The number of fused-ring (bicyclic) bond motifs is 2. The van der Waals surface area contributed by atoms with Gasteiger partial charge < -0.3 is 24.1 Å². The Labute approximate surface area is 128 Å². The summed E-state index contributed by atoms with van der Waals surface area (Å²) in [6, 6.07) is 11.2. The Morgan fingerprint density at radius 3 is 2.59 bits per heavy atom. The third kappa shape index (κ3) is 1.97. The molecule has 0 saturated heterocycles. The van der Waals surface area contributed by atoms with E-state index in [1.807, 2.05) is 30.3 Å². The van der Waals surface area contributed by atoms with Gasteiger partial charge in [0, 0.05) is 24.3 Å². The number of methoxy groups -OCH3 is 1. The topological polar surface area (TPSA) is 57.2 Å². The highest BCUT2D eigenvalue weighted by atomic mass is 16.7. The summed E-state index contributed by atoms with van der Waals surface area (Å²) < 4.78 is 22.2. The predicted molar refractivity (Wildman–Crippen MR) is 78.7 cm³/mol. The van der Waals surface area contributed by atoms with Crippen LogP contribution in [0.4, 0.5) is 0 Å². The van der Waals surface area contributed by atoms with Crippen molar-refractivity contribution in [1.29, 1.82) is 0 Å². The Kier molecular flexibility index (Phi) is 3.08. The van der Waals surface area contributed by atoms with Gasteiger partial charge in [-0.25, -0.2) is 0 Å². The van der Waals surface area contributed by atoms with Gasteiger partial charge >= 0.3 is 0 Å². The number of phenolic OH excluding ortho intramolecular Hbond substituents is 1. The van der Waals surface area contributed by atoms with Gasteiger partial charge in [-0.2, -0.15) is 0 Å². The molecule has 2 unspecified atom stereocenters. The van der Waals surface area contributed by atoms with Crippen molar-refractivity contribution in [3.63, 3.8) is 0 Å². The minimum atomic E-state index is -0.184. The molecule has 0 radical (unpaired) electrons. The Morgan fingerprint density at radius 1 is 1.00 bits per heavy atom.